The van der Waals surface area contributed by atoms with Gasteiger partial charge in [0.2, 0.25) is 5.91 Å². The van der Waals surface area contributed by atoms with Crippen LogP contribution in [0, 0.1) is 11.8 Å². The van der Waals surface area contributed by atoms with Gasteiger partial charge < -0.3 is 15.4 Å². The molecule has 1 heterocycles. The van der Waals surface area contributed by atoms with E-state index in [2.05, 4.69) is 0 Å². The van der Waals surface area contributed by atoms with Crippen LogP contribution in [0.3, 0.4) is 0 Å². The van der Waals surface area contributed by atoms with Crippen molar-refractivity contribution in [3.8, 4) is 5.75 Å². The molecule has 1 aromatic rings. The normalized spacial score (nSPS) is 21.8. The highest BCUT2D eigenvalue weighted by Crippen LogP contribution is 2.27. The summed E-state index contributed by atoms with van der Waals surface area (Å²) in [6.45, 7) is 5.26. The van der Waals surface area contributed by atoms with Crippen molar-refractivity contribution in [1.29, 1.82) is 0 Å². The molecular weight excluding hydrogens is 256 g/mol. The van der Waals surface area contributed by atoms with E-state index in [1.807, 2.05) is 19.9 Å². The third-order valence-electron chi connectivity index (χ3n) is 3.68. The number of likely N-dealkylation sites (tertiary alicyclic amines) is 1. The number of hydrogen-bond donors (Lipinski definition) is 1. The molecule has 2 N–H and O–H groups in total. The first-order valence-electron chi connectivity index (χ1n) is 6.85. The molecule has 0 bridgehead atoms. The molecule has 0 spiro atoms. The van der Waals surface area contributed by atoms with Gasteiger partial charge in [-0.3, -0.25) is 9.59 Å². The maximum absolute atomic E-state index is 12.6. The molecule has 0 aliphatic carbocycles. The first kappa shape index (κ1) is 14.4. The fraction of sp³-hybridized carbons (Fsp3) is 0.467. The van der Waals surface area contributed by atoms with Gasteiger partial charge in [0, 0.05) is 13.1 Å². The second-order valence-corrected chi connectivity index (χ2v) is 5.13. The van der Waals surface area contributed by atoms with E-state index < -0.39 is 0 Å². The minimum Gasteiger partial charge on any atom is -0.493 e. The monoisotopic (exact) mass is 276 g/mol. The molecule has 0 saturated carbocycles. The van der Waals surface area contributed by atoms with Crippen LogP contribution in [-0.2, 0) is 4.79 Å². The Morgan fingerprint density at radius 2 is 2.05 bits per heavy atom. The summed E-state index contributed by atoms with van der Waals surface area (Å²) in [6, 6.07) is 7.17. The highest BCUT2D eigenvalue weighted by Gasteiger charge is 2.36. The van der Waals surface area contributed by atoms with Crippen molar-refractivity contribution in [2.24, 2.45) is 17.6 Å². The van der Waals surface area contributed by atoms with Crippen molar-refractivity contribution in [3.05, 3.63) is 29.8 Å². The van der Waals surface area contributed by atoms with E-state index in [1.165, 1.54) is 0 Å². The number of hydrogen-bond acceptors (Lipinski definition) is 3. The fourth-order valence-electron chi connectivity index (χ4n) is 2.60. The lowest BCUT2D eigenvalue weighted by molar-refractivity contribution is -0.122. The first-order chi connectivity index (χ1) is 9.54. The Hall–Kier alpha value is -2.04. The molecule has 1 saturated heterocycles. The van der Waals surface area contributed by atoms with E-state index >= 15 is 0 Å². The van der Waals surface area contributed by atoms with Gasteiger partial charge in [0.1, 0.15) is 5.75 Å². The minimum atomic E-state index is -0.342. The zero-order valence-corrected chi connectivity index (χ0v) is 11.8. The van der Waals surface area contributed by atoms with Gasteiger partial charge in [0.05, 0.1) is 18.1 Å². The van der Waals surface area contributed by atoms with Crippen LogP contribution in [0.25, 0.3) is 0 Å². The van der Waals surface area contributed by atoms with Gasteiger partial charge in [0.15, 0.2) is 0 Å². The zero-order chi connectivity index (χ0) is 14.7. The Bertz CT molecular complexity index is 516. The molecule has 0 aromatic heterocycles. The standard InChI is InChI=1S/C15H20N2O3/c1-3-20-13-7-5-4-6-11(13)15(19)17-8-10(2)12(9-17)14(16)18/h4-7,10,12H,3,8-9H2,1-2H3,(H2,16,18)/t10-,12-/m1/s1. The number of ether oxygens (including phenoxy) is 1. The van der Waals surface area contributed by atoms with E-state index in [9.17, 15) is 9.59 Å². The van der Waals surface area contributed by atoms with Crippen molar-refractivity contribution >= 4 is 11.8 Å². The van der Waals surface area contributed by atoms with Crippen LogP contribution < -0.4 is 10.5 Å². The number of para-hydroxylation sites is 1. The molecular formula is C15H20N2O3. The van der Waals surface area contributed by atoms with E-state index in [-0.39, 0.29) is 23.7 Å². The number of nitrogens with zero attached hydrogens (tertiary/aromatic N) is 1. The van der Waals surface area contributed by atoms with Crippen LogP contribution in [0.5, 0.6) is 5.75 Å². The predicted molar refractivity (Wildman–Crippen MR) is 75.4 cm³/mol. The highest BCUT2D eigenvalue weighted by molar-refractivity contribution is 5.97. The number of carbonyl (C=O) groups excluding carboxylic acids is 2. The Labute approximate surface area is 118 Å². The average molecular weight is 276 g/mol. The fourth-order valence-corrected chi connectivity index (χ4v) is 2.60. The molecule has 0 radical (unpaired) electrons. The molecule has 1 aliphatic rings. The van der Waals surface area contributed by atoms with Gasteiger partial charge in [0.25, 0.3) is 5.91 Å². The van der Waals surface area contributed by atoms with E-state index in [0.29, 0.717) is 31.0 Å². The molecule has 5 heteroatoms. The second-order valence-electron chi connectivity index (χ2n) is 5.13. The Kier molecular flexibility index (Phi) is 4.27. The summed E-state index contributed by atoms with van der Waals surface area (Å²) in [5.74, 6) is -0.0420. The van der Waals surface area contributed by atoms with Gasteiger partial charge in [-0.25, -0.2) is 0 Å². The summed E-state index contributed by atoms with van der Waals surface area (Å²) in [4.78, 5) is 25.6. The average Bonchev–Trinajstić information content (AvgIpc) is 2.81. The summed E-state index contributed by atoms with van der Waals surface area (Å²) in [5.41, 5.74) is 5.90. The van der Waals surface area contributed by atoms with Crippen LogP contribution in [-0.4, -0.2) is 36.4 Å². The molecule has 1 aliphatic heterocycles. The van der Waals surface area contributed by atoms with E-state index in [1.54, 1.807) is 23.1 Å². The number of primary amides is 1. The lowest BCUT2D eigenvalue weighted by Gasteiger charge is -2.18. The molecule has 5 nitrogen and oxygen atoms in total. The lowest BCUT2D eigenvalue weighted by atomic mass is 9.98. The van der Waals surface area contributed by atoms with Gasteiger partial charge in [-0.15, -0.1) is 0 Å². The molecule has 0 unspecified atom stereocenters. The third-order valence-corrected chi connectivity index (χ3v) is 3.68. The quantitative estimate of drug-likeness (QED) is 0.900. The summed E-state index contributed by atoms with van der Waals surface area (Å²) < 4.78 is 5.48. The van der Waals surface area contributed by atoms with Gasteiger partial charge in [-0.1, -0.05) is 19.1 Å². The minimum absolute atomic E-state index is 0.0932. The number of benzene rings is 1. The SMILES string of the molecule is CCOc1ccccc1C(=O)N1C[C@@H](C)[C@H](C(N)=O)C1. The number of amides is 2. The number of rotatable bonds is 4. The van der Waals surface area contributed by atoms with Crippen molar-refractivity contribution in [2.75, 3.05) is 19.7 Å². The van der Waals surface area contributed by atoms with Crippen molar-refractivity contribution < 1.29 is 14.3 Å². The molecule has 2 atom stereocenters. The molecule has 2 amide bonds. The largest absolute Gasteiger partial charge is 0.493 e. The van der Waals surface area contributed by atoms with Crippen LogP contribution in [0.1, 0.15) is 24.2 Å². The second kappa shape index (κ2) is 5.94. The lowest BCUT2D eigenvalue weighted by Crippen LogP contribution is -2.32. The van der Waals surface area contributed by atoms with Gasteiger partial charge in [-0.2, -0.15) is 0 Å². The van der Waals surface area contributed by atoms with Gasteiger partial charge in [-0.05, 0) is 25.0 Å². The summed E-state index contributed by atoms with van der Waals surface area (Å²) in [7, 11) is 0. The molecule has 20 heavy (non-hydrogen) atoms. The summed E-state index contributed by atoms with van der Waals surface area (Å²) in [5, 5.41) is 0. The molecule has 1 fully saturated rings. The van der Waals surface area contributed by atoms with Crippen LogP contribution in [0.2, 0.25) is 0 Å². The Morgan fingerprint density at radius 1 is 1.35 bits per heavy atom. The predicted octanol–water partition coefficient (Wildman–Crippen LogP) is 1.28. The Balaban J connectivity index is 2.19. The van der Waals surface area contributed by atoms with Crippen molar-refractivity contribution in [3.63, 3.8) is 0 Å². The first-order valence-corrected chi connectivity index (χ1v) is 6.85. The topological polar surface area (TPSA) is 72.6 Å². The van der Waals surface area contributed by atoms with Crippen molar-refractivity contribution in [2.45, 2.75) is 13.8 Å². The van der Waals surface area contributed by atoms with Crippen LogP contribution >= 0.6 is 0 Å². The number of carbonyl (C=O) groups is 2. The smallest absolute Gasteiger partial charge is 0.257 e. The molecule has 1 aromatic carbocycles. The maximum Gasteiger partial charge on any atom is 0.257 e. The van der Waals surface area contributed by atoms with Gasteiger partial charge >= 0.3 is 0 Å². The van der Waals surface area contributed by atoms with Crippen molar-refractivity contribution in [1.82, 2.24) is 4.90 Å². The Morgan fingerprint density at radius 3 is 2.65 bits per heavy atom. The van der Waals surface area contributed by atoms with E-state index in [0.717, 1.165) is 0 Å². The molecule has 108 valence electrons. The summed E-state index contributed by atoms with van der Waals surface area (Å²) >= 11 is 0. The van der Waals surface area contributed by atoms with Crippen LogP contribution in [0.4, 0.5) is 0 Å². The van der Waals surface area contributed by atoms with Crippen LogP contribution in [0.15, 0.2) is 24.3 Å². The number of nitrogens with two attached hydrogens (primary N) is 1. The third kappa shape index (κ3) is 2.76. The maximum atomic E-state index is 12.6. The molecule has 2 rings (SSSR count). The highest BCUT2D eigenvalue weighted by atomic mass is 16.5. The van der Waals surface area contributed by atoms with E-state index in [4.69, 9.17) is 10.5 Å². The zero-order valence-electron chi connectivity index (χ0n) is 11.8. The summed E-state index contributed by atoms with van der Waals surface area (Å²) in [6.07, 6.45) is 0.